The second-order valence-electron chi connectivity index (χ2n) is 4.78. The molecular weight excluding hydrogens is 228 g/mol. The number of hydrogen-bond acceptors (Lipinski definition) is 3. The van der Waals surface area contributed by atoms with Crippen LogP contribution < -0.4 is 4.74 Å². The smallest absolute Gasteiger partial charge is 0.120 e. The standard InChI is InChI=1S/C15H16O3/c1-10-7-12(9-17-10)15(16)11-3-2-4-14(8-11)18-13-5-6-13/h2-4,7-9,13,15-16H,5-6H2,1H3. The fourth-order valence-electron chi connectivity index (χ4n) is 1.94. The van der Waals surface area contributed by atoms with Gasteiger partial charge < -0.3 is 14.3 Å². The van der Waals surface area contributed by atoms with Crippen molar-refractivity contribution in [3.8, 4) is 5.75 Å². The second kappa shape index (κ2) is 4.50. The number of hydrogen-bond donors (Lipinski definition) is 1. The summed E-state index contributed by atoms with van der Waals surface area (Å²) in [5, 5.41) is 10.3. The molecule has 1 unspecified atom stereocenters. The number of furan rings is 1. The van der Waals surface area contributed by atoms with Gasteiger partial charge in [-0.2, -0.15) is 0 Å². The maximum Gasteiger partial charge on any atom is 0.120 e. The Morgan fingerprint density at radius 2 is 2.11 bits per heavy atom. The molecule has 3 nitrogen and oxygen atoms in total. The van der Waals surface area contributed by atoms with Gasteiger partial charge in [0.1, 0.15) is 17.6 Å². The van der Waals surface area contributed by atoms with Crippen molar-refractivity contribution >= 4 is 0 Å². The van der Waals surface area contributed by atoms with Crippen LogP contribution in [0.2, 0.25) is 0 Å². The summed E-state index contributed by atoms with van der Waals surface area (Å²) in [6.07, 6.45) is 3.56. The quantitative estimate of drug-likeness (QED) is 0.898. The molecule has 18 heavy (non-hydrogen) atoms. The van der Waals surface area contributed by atoms with Crippen molar-refractivity contribution < 1.29 is 14.3 Å². The van der Waals surface area contributed by atoms with Crippen LogP contribution in [0.3, 0.4) is 0 Å². The lowest BCUT2D eigenvalue weighted by Crippen LogP contribution is -2.00. The van der Waals surface area contributed by atoms with Crippen molar-refractivity contribution in [2.45, 2.75) is 32.0 Å². The number of aliphatic hydroxyl groups is 1. The third kappa shape index (κ3) is 2.41. The summed E-state index contributed by atoms with van der Waals surface area (Å²) in [7, 11) is 0. The van der Waals surface area contributed by atoms with E-state index in [-0.39, 0.29) is 0 Å². The highest BCUT2D eigenvalue weighted by molar-refractivity contribution is 5.35. The average molecular weight is 244 g/mol. The van der Waals surface area contributed by atoms with Crippen molar-refractivity contribution in [3.05, 3.63) is 53.5 Å². The zero-order valence-corrected chi connectivity index (χ0v) is 10.3. The molecule has 1 aliphatic carbocycles. The molecule has 3 heteroatoms. The first-order chi connectivity index (χ1) is 8.72. The fourth-order valence-corrected chi connectivity index (χ4v) is 1.94. The van der Waals surface area contributed by atoms with E-state index >= 15 is 0 Å². The first-order valence-electron chi connectivity index (χ1n) is 6.22. The van der Waals surface area contributed by atoms with Gasteiger partial charge in [-0.1, -0.05) is 12.1 Å². The Balaban J connectivity index is 1.81. The van der Waals surface area contributed by atoms with E-state index in [0.29, 0.717) is 6.10 Å². The molecule has 1 fully saturated rings. The topological polar surface area (TPSA) is 42.6 Å². The molecule has 0 saturated heterocycles. The van der Waals surface area contributed by atoms with E-state index in [0.717, 1.165) is 35.5 Å². The van der Waals surface area contributed by atoms with E-state index in [1.807, 2.05) is 37.3 Å². The summed E-state index contributed by atoms with van der Waals surface area (Å²) < 4.78 is 10.9. The molecule has 2 aromatic rings. The van der Waals surface area contributed by atoms with Crippen LogP contribution in [0.4, 0.5) is 0 Å². The SMILES string of the molecule is Cc1cc(C(O)c2cccc(OC3CC3)c2)co1. The lowest BCUT2D eigenvalue weighted by Gasteiger charge is -2.11. The van der Waals surface area contributed by atoms with Crippen LogP contribution in [-0.2, 0) is 0 Å². The van der Waals surface area contributed by atoms with Gasteiger partial charge >= 0.3 is 0 Å². The molecule has 0 aliphatic heterocycles. The Morgan fingerprint density at radius 3 is 2.78 bits per heavy atom. The Bertz CT molecular complexity index is 540. The lowest BCUT2D eigenvalue weighted by atomic mass is 10.0. The molecule has 0 spiro atoms. The number of benzene rings is 1. The van der Waals surface area contributed by atoms with E-state index in [2.05, 4.69) is 0 Å². The van der Waals surface area contributed by atoms with Gasteiger partial charge in [0.15, 0.2) is 0 Å². The average Bonchev–Trinajstić information content (AvgIpc) is 3.08. The molecule has 0 amide bonds. The summed E-state index contributed by atoms with van der Waals surface area (Å²) in [5.41, 5.74) is 1.60. The maximum atomic E-state index is 10.3. The third-order valence-corrected chi connectivity index (χ3v) is 3.07. The molecular formula is C15H16O3. The van der Waals surface area contributed by atoms with Gasteiger partial charge in [0.2, 0.25) is 0 Å². The van der Waals surface area contributed by atoms with Crippen molar-refractivity contribution in [2.24, 2.45) is 0 Å². The van der Waals surface area contributed by atoms with Gasteiger partial charge in [0.05, 0.1) is 12.4 Å². The van der Waals surface area contributed by atoms with Crippen LogP contribution in [0, 0.1) is 6.92 Å². The Morgan fingerprint density at radius 1 is 1.28 bits per heavy atom. The van der Waals surface area contributed by atoms with Gasteiger partial charge in [-0.3, -0.25) is 0 Å². The number of aliphatic hydroxyl groups excluding tert-OH is 1. The van der Waals surface area contributed by atoms with Crippen LogP contribution in [0.15, 0.2) is 41.0 Å². The Hall–Kier alpha value is -1.74. The molecule has 1 atom stereocenters. The predicted molar refractivity (Wildman–Crippen MR) is 67.6 cm³/mol. The molecule has 3 rings (SSSR count). The predicted octanol–water partition coefficient (Wildman–Crippen LogP) is 3.21. The van der Waals surface area contributed by atoms with Gasteiger partial charge in [-0.25, -0.2) is 0 Å². The number of aryl methyl sites for hydroxylation is 1. The van der Waals surface area contributed by atoms with E-state index in [1.165, 1.54) is 0 Å². The Kier molecular flexibility index (Phi) is 2.84. The van der Waals surface area contributed by atoms with E-state index in [4.69, 9.17) is 9.15 Å². The summed E-state index contributed by atoms with van der Waals surface area (Å²) in [6, 6.07) is 9.47. The minimum absolute atomic E-state index is 0.369. The summed E-state index contributed by atoms with van der Waals surface area (Å²) in [4.78, 5) is 0. The van der Waals surface area contributed by atoms with E-state index in [1.54, 1.807) is 6.26 Å². The lowest BCUT2D eigenvalue weighted by molar-refractivity contribution is 0.218. The van der Waals surface area contributed by atoms with E-state index < -0.39 is 6.10 Å². The first-order valence-corrected chi connectivity index (χ1v) is 6.22. The molecule has 0 bridgehead atoms. The molecule has 1 aromatic carbocycles. The van der Waals surface area contributed by atoms with Crippen molar-refractivity contribution in [2.75, 3.05) is 0 Å². The zero-order chi connectivity index (χ0) is 12.5. The third-order valence-electron chi connectivity index (χ3n) is 3.07. The number of ether oxygens (including phenoxy) is 1. The maximum absolute atomic E-state index is 10.3. The van der Waals surface area contributed by atoms with Crippen molar-refractivity contribution in [3.63, 3.8) is 0 Å². The zero-order valence-electron chi connectivity index (χ0n) is 10.3. The Labute approximate surface area is 106 Å². The normalized spacial score (nSPS) is 16.6. The van der Waals surface area contributed by atoms with Crippen LogP contribution in [0.25, 0.3) is 0 Å². The summed E-state index contributed by atoms with van der Waals surface area (Å²) in [6.45, 7) is 1.86. The summed E-state index contributed by atoms with van der Waals surface area (Å²) in [5.74, 6) is 1.63. The van der Waals surface area contributed by atoms with Crippen molar-refractivity contribution in [1.29, 1.82) is 0 Å². The molecule has 1 saturated carbocycles. The van der Waals surface area contributed by atoms with Crippen LogP contribution in [0.1, 0.15) is 35.8 Å². The van der Waals surface area contributed by atoms with Crippen LogP contribution >= 0.6 is 0 Å². The minimum Gasteiger partial charge on any atom is -0.490 e. The molecule has 1 heterocycles. The molecule has 0 radical (unpaired) electrons. The number of rotatable bonds is 4. The van der Waals surface area contributed by atoms with Crippen molar-refractivity contribution in [1.82, 2.24) is 0 Å². The monoisotopic (exact) mass is 244 g/mol. The van der Waals surface area contributed by atoms with E-state index in [9.17, 15) is 5.11 Å². The van der Waals surface area contributed by atoms with Gasteiger partial charge in [-0.05, 0) is 43.5 Å². The molecule has 1 aliphatic rings. The fraction of sp³-hybridized carbons (Fsp3) is 0.333. The first kappa shape index (κ1) is 11.4. The molecule has 1 aromatic heterocycles. The van der Waals surface area contributed by atoms with Gasteiger partial charge in [0.25, 0.3) is 0 Å². The minimum atomic E-state index is -0.662. The molecule has 94 valence electrons. The summed E-state index contributed by atoms with van der Waals surface area (Å²) >= 11 is 0. The van der Waals surface area contributed by atoms with Gasteiger partial charge in [0, 0.05) is 5.56 Å². The largest absolute Gasteiger partial charge is 0.490 e. The highest BCUT2D eigenvalue weighted by Crippen LogP contribution is 2.30. The highest BCUT2D eigenvalue weighted by atomic mass is 16.5. The second-order valence-corrected chi connectivity index (χ2v) is 4.78. The van der Waals surface area contributed by atoms with Crippen LogP contribution in [-0.4, -0.2) is 11.2 Å². The van der Waals surface area contributed by atoms with Gasteiger partial charge in [-0.15, -0.1) is 0 Å². The van der Waals surface area contributed by atoms with Crippen LogP contribution in [0.5, 0.6) is 5.75 Å². The molecule has 1 N–H and O–H groups in total. The highest BCUT2D eigenvalue weighted by Gasteiger charge is 2.23.